The molecule has 1 heterocycles. The summed E-state index contributed by atoms with van der Waals surface area (Å²) < 4.78 is 64.5. The minimum Gasteiger partial charge on any atom is -0.336 e. The lowest BCUT2D eigenvalue weighted by molar-refractivity contribution is -0.212. The number of carbonyl (C=O) groups excluding carboxylic acids is 1. The molecule has 4 aliphatic carbocycles. The van der Waals surface area contributed by atoms with Crippen LogP contribution in [0.3, 0.4) is 0 Å². The van der Waals surface area contributed by atoms with E-state index in [4.69, 9.17) is 9.26 Å². The van der Waals surface area contributed by atoms with Crippen LogP contribution in [0.1, 0.15) is 96.7 Å². The van der Waals surface area contributed by atoms with Gasteiger partial charge in [-0.25, -0.2) is 13.6 Å². The number of alkyl halides is 3. The third-order valence-electron chi connectivity index (χ3n) is 9.51. The second-order valence-corrected chi connectivity index (χ2v) is 13.8. The van der Waals surface area contributed by atoms with E-state index < -0.39 is 23.7 Å². The van der Waals surface area contributed by atoms with Gasteiger partial charge in [0.25, 0.3) is 5.89 Å². The van der Waals surface area contributed by atoms with Crippen molar-refractivity contribution >= 4 is 27.6 Å². The van der Waals surface area contributed by atoms with Crippen LogP contribution in [0.2, 0.25) is 0 Å². The Labute approximate surface area is 245 Å². The number of nitrogens with zero attached hydrogens (tertiary/aromatic N) is 3. The third-order valence-corrected chi connectivity index (χ3v) is 10.1. The second kappa shape index (κ2) is 11.1. The Kier molecular flexibility index (Phi) is 8.21. The van der Waals surface area contributed by atoms with Gasteiger partial charge in [0.05, 0.1) is 10.1 Å². The van der Waals surface area contributed by atoms with Crippen LogP contribution in [0.25, 0.3) is 0 Å². The Morgan fingerprint density at radius 3 is 2.34 bits per heavy atom. The molecule has 2 bridgehead atoms. The lowest BCUT2D eigenvalue weighted by Crippen LogP contribution is -2.54. The van der Waals surface area contributed by atoms with E-state index in [9.17, 15) is 22.4 Å². The van der Waals surface area contributed by atoms with Crippen molar-refractivity contribution in [3.8, 4) is 0 Å². The Balaban J connectivity index is 1.30. The van der Waals surface area contributed by atoms with Crippen LogP contribution in [-0.4, -0.2) is 41.0 Å². The molecule has 226 valence electrons. The summed E-state index contributed by atoms with van der Waals surface area (Å²) >= 11 is 3.25. The fourth-order valence-corrected chi connectivity index (χ4v) is 7.11. The molecule has 1 N–H and O–H groups in total. The van der Waals surface area contributed by atoms with E-state index in [1.165, 1.54) is 19.9 Å². The maximum atomic E-state index is 14.4. The van der Waals surface area contributed by atoms with E-state index in [2.05, 4.69) is 31.4 Å². The lowest BCUT2D eigenvalue weighted by Gasteiger charge is -2.53. The predicted molar refractivity (Wildman–Crippen MR) is 148 cm³/mol. The molecular weight excluding hydrogens is 608 g/mol. The summed E-state index contributed by atoms with van der Waals surface area (Å²) in [5.74, 6) is 0.121. The summed E-state index contributed by atoms with van der Waals surface area (Å²) in [6, 6.07) is 4.06. The molecule has 0 radical (unpaired) electrons. The number of fused-ring (bicyclic) bond motifs is 3. The summed E-state index contributed by atoms with van der Waals surface area (Å²) in [5.41, 5.74) is -2.47. The van der Waals surface area contributed by atoms with Gasteiger partial charge in [-0.3, -0.25) is 4.90 Å². The van der Waals surface area contributed by atoms with Crippen molar-refractivity contribution in [1.82, 2.24) is 15.5 Å². The standard InChI is InChI=1S/C29H37BrF4N4O3/c1-26(2,34)23-36-22(37-41-23)29-13-10-28(11-14-29,12-15-29)17-38(19-4-5-21(31)20(30)16-19)25(39)35-18-6-8-27(3,9-7-18)40-24(32)33/h4-5,16,18,24H,6-15,17H2,1-3H3,(H,35,39). The Morgan fingerprint density at radius 2 is 1.80 bits per heavy atom. The largest absolute Gasteiger partial charge is 0.345 e. The maximum Gasteiger partial charge on any atom is 0.345 e. The summed E-state index contributed by atoms with van der Waals surface area (Å²) in [7, 11) is 0. The zero-order valence-electron chi connectivity index (χ0n) is 23.6. The molecule has 4 saturated carbocycles. The molecule has 0 saturated heterocycles. The number of carbonyl (C=O) groups is 1. The first-order valence-corrected chi connectivity index (χ1v) is 15.0. The van der Waals surface area contributed by atoms with Crippen molar-refractivity contribution in [3.63, 3.8) is 0 Å². The van der Waals surface area contributed by atoms with Gasteiger partial charge in [0, 0.05) is 23.7 Å². The number of aromatic nitrogens is 2. The first-order chi connectivity index (χ1) is 19.2. The van der Waals surface area contributed by atoms with Crippen molar-refractivity contribution in [1.29, 1.82) is 0 Å². The maximum absolute atomic E-state index is 14.4. The number of hydrogen-bond donors (Lipinski definition) is 1. The van der Waals surface area contributed by atoms with Crippen LogP contribution in [0.5, 0.6) is 0 Å². The van der Waals surface area contributed by atoms with Crippen LogP contribution in [0.4, 0.5) is 28.0 Å². The van der Waals surface area contributed by atoms with Crippen LogP contribution < -0.4 is 10.2 Å². The number of urea groups is 1. The molecule has 4 aliphatic rings. The highest BCUT2D eigenvalue weighted by atomic mass is 79.9. The smallest absolute Gasteiger partial charge is 0.336 e. The Hall–Kier alpha value is -2.21. The monoisotopic (exact) mass is 644 g/mol. The van der Waals surface area contributed by atoms with Gasteiger partial charge in [0.15, 0.2) is 11.5 Å². The number of halogens is 5. The van der Waals surface area contributed by atoms with Crippen LogP contribution in [0.15, 0.2) is 27.2 Å². The highest BCUT2D eigenvalue weighted by molar-refractivity contribution is 9.10. The lowest BCUT2D eigenvalue weighted by atomic mass is 9.53. The first-order valence-electron chi connectivity index (χ1n) is 14.2. The van der Waals surface area contributed by atoms with E-state index in [1.54, 1.807) is 24.0 Å². The highest BCUT2D eigenvalue weighted by Crippen LogP contribution is 2.57. The summed E-state index contributed by atoms with van der Waals surface area (Å²) in [4.78, 5) is 19.9. The molecule has 0 atom stereocenters. The Bertz CT molecular complexity index is 1230. The van der Waals surface area contributed by atoms with Gasteiger partial charge in [-0.2, -0.15) is 13.8 Å². The summed E-state index contributed by atoms with van der Waals surface area (Å²) in [5, 5.41) is 7.25. The normalized spacial score (nSPS) is 30.0. The quantitative estimate of drug-likeness (QED) is 0.295. The average Bonchev–Trinajstić information content (AvgIpc) is 3.43. The predicted octanol–water partition coefficient (Wildman–Crippen LogP) is 7.92. The number of benzene rings is 1. The first kappa shape index (κ1) is 30.3. The minimum atomic E-state index is -2.83. The third kappa shape index (κ3) is 6.43. The SMILES string of the molecule is CC1(OC(F)F)CCC(NC(=O)N(CC23CCC(c4noc(C(C)(C)F)n4)(CC2)CC3)c2ccc(F)c(Br)c2)CC1. The van der Waals surface area contributed by atoms with E-state index in [0.717, 1.165) is 38.5 Å². The van der Waals surface area contributed by atoms with Gasteiger partial charge in [-0.05, 0) is 125 Å². The molecule has 0 aliphatic heterocycles. The molecule has 2 aromatic rings. The molecule has 12 heteroatoms. The molecule has 1 aromatic carbocycles. The minimum absolute atomic E-state index is 0.0159. The number of hydrogen-bond acceptors (Lipinski definition) is 5. The van der Waals surface area contributed by atoms with E-state index in [0.29, 0.717) is 43.7 Å². The van der Waals surface area contributed by atoms with Crippen LogP contribution in [-0.2, 0) is 15.8 Å². The number of anilines is 1. The van der Waals surface area contributed by atoms with Gasteiger partial charge in [-0.1, -0.05) is 5.16 Å². The van der Waals surface area contributed by atoms with Crippen molar-refractivity contribution in [2.45, 2.75) is 114 Å². The molecule has 1 aromatic heterocycles. The summed E-state index contributed by atoms with van der Waals surface area (Å²) in [6.07, 6.45) is 6.74. The van der Waals surface area contributed by atoms with Crippen molar-refractivity contribution in [3.05, 3.63) is 40.2 Å². The molecule has 4 fully saturated rings. The number of amides is 2. The zero-order valence-corrected chi connectivity index (χ0v) is 25.2. The van der Waals surface area contributed by atoms with Gasteiger partial charge < -0.3 is 14.6 Å². The topological polar surface area (TPSA) is 80.5 Å². The molecule has 2 amide bonds. The van der Waals surface area contributed by atoms with Crippen LogP contribution in [0, 0.1) is 11.2 Å². The summed E-state index contributed by atoms with van der Waals surface area (Å²) in [6.45, 7) is 2.08. The van der Waals surface area contributed by atoms with Crippen molar-refractivity contribution in [2.24, 2.45) is 5.41 Å². The molecular formula is C29H37BrF4N4O3. The van der Waals surface area contributed by atoms with E-state index >= 15 is 0 Å². The average molecular weight is 646 g/mol. The van der Waals surface area contributed by atoms with Gasteiger partial charge in [-0.15, -0.1) is 0 Å². The van der Waals surface area contributed by atoms with E-state index in [1.807, 2.05) is 0 Å². The van der Waals surface area contributed by atoms with Gasteiger partial charge >= 0.3 is 12.6 Å². The molecule has 0 unspecified atom stereocenters. The highest BCUT2D eigenvalue weighted by Gasteiger charge is 2.53. The molecule has 7 nitrogen and oxygen atoms in total. The van der Waals surface area contributed by atoms with Crippen molar-refractivity contribution < 1.29 is 31.6 Å². The number of ether oxygens (including phenoxy) is 1. The van der Waals surface area contributed by atoms with Gasteiger partial charge in [0.2, 0.25) is 0 Å². The van der Waals surface area contributed by atoms with E-state index in [-0.39, 0.29) is 33.3 Å². The molecule has 0 spiro atoms. The Morgan fingerprint density at radius 1 is 1.17 bits per heavy atom. The fourth-order valence-electron chi connectivity index (χ4n) is 6.74. The number of rotatable bonds is 8. The molecule has 41 heavy (non-hydrogen) atoms. The fraction of sp³-hybridized carbons (Fsp3) is 0.690. The van der Waals surface area contributed by atoms with Crippen LogP contribution >= 0.6 is 15.9 Å². The van der Waals surface area contributed by atoms with Crippen molar-refractivity contribution in [2.75, 3.05) is 11.4 Å². The molecule has 6 rings (SSSR count). The second-order valence-electron chi connectivity index (χ2n) is 12.9. The van der Waals surface area contributed by atoms with Gasteiger partial charge in [0.1, 0.15) is 5.82 Å². The zero-order chi connectivity index (χ0) is 29.6. The number of nitrogens with one attached hydrogen (secondary N) is 1.